The maximum absolute atomic E-state index is 9.81. The van der Waals surface area contributed by atoms with E-state index in [1.54, 1.807) is 0 Å². The third-order valence-corrected chi connectivity index (χ3v) is 3.01. The van der Waals surface area contributed by atoms with Gasteiger partial charge in [0.25, 0.3) is 0 Å². The van der Waals surface area contributed by atoms with Crippen molar-refractivity contribution in [3.05, 3.63) is 35.9 Å². The normalized spacial score (nSPS) is 14.4. The van der Waals surface area contributed by atoms with E-state index >= 15 is 0 Å². The maximum atomic E-state index is 9.81. The molecule has 1 aromatic rings. The van der Waals surface area contributed by atoms with Gasteiger partial charge < -0.3 is 15.2 Å². The molecule has 1 atom stereocenters. The Morgan fingerprint density at radius 1 is 1.17 bits per heavy atom. The average Bonchev–Trinajstić information content (AvgIpc) is 2.44. The Labute approximate surface area is 110 Å². The van der Waals surface area contributed by atoms with Crippen LogP contribution in [0, 0.1) is 0 Å². The van der Waals surface area contributed by atoms with E-state index in [0.29, 0.717) is 6.61 Å². The van der Waals surface area contributed by atoms with Crippen molar-refractivity contribution in [2.24, 2.45) is 0 Å². The summed E-state index contributed by atoms with van der Waals surface area (Å²) in [5.74, 6) is 0. The highest BCUT2D eigenvalue weighted by Crippen LogP contribution is 2.21. The Hall–Kier alpha value is -0.900. The molecule has 0 saturated heterocycles. The topological polar surface area (TPSA) is 41.5 Å². The molecule has 0 aliphatic rings. The van der Waals surface area contributed by atoms with Crippen LogP contribution in [0.1, 0.15) is 32.3 Å². The van der Waals surface area contributed by atoms with E-state index in [4.69, 9.17) is 4.74 Å². The molecule has 0 saturated carbocycles. The van der Waals surface area contributed by atoms with E-state index in [-0.39, 0.29) is 6.61 Å². The van der Waals surface area contributed by atoms with Crippen molar-refractivity contribution in [2.45, 2.75) is 32.2 Å². The zero-order chi connectivity index (χ0) is 13.3. The molecule has 1 aromatic carbocycles. The van der Waals surface area contributed by atoms with Gasteiger partial charge in [0.1, 0.15) is 0 Å². The van der Waals surface area contributed by atoms with Crippen molar-refractivity contribution < 1.29 is 9.84 Å². The largest absolute Gasteiger partial charge is 0.394 e. The molecule has 0 bridgehead atoms. The summed E-state index contributed by atoms with van der Waals surface area (Å²) >= 11 is 0. The van der Waals surface area contributed by atoms with Gasteiger partial charge in [-0.3, -0.25) is 0 Å². The van der Waals surface area contributed by atoms with Gasteiger partial charge in [0, 0.05) is 6.61 Å². The third-order valence-electron chi connectivity index (χ3n) is 3.01. The number of hydrogen-bond donors (Lipinski definition) is 2. The minimum atomic E-state index is -0.480. The second kappa shape index (κ2) is 8.25. The van der Waals surface area contributed by atoms with E-state index in [1.165, 1.54) is 0 Å². The third kappa shape index (κ3) is 4.09. The van der Waals surface area contributed by atoms with Crippen LogP contribution in [0.15, 0.2) is 30.3 Å². The number of benzene rings is 1. The van der Waals surface area contributed by atoms with Crippen LogP contribution >= 0.6 is 0 Å². The van der Waals surface area contributed by atoms with Gasteiger partial charge in [0.15, 0.2) is 0 Å². The number of aliphatic hydroxyl groups excluding tert-OH is 1. The van der Waals surface area contributed by atoms with Crippen molar-refractivity contribution in [1.82, 2.24) is 5.32 Å². The van der Waals surface area contributed by atoms with E-state index < -0.39 is 5.54 Å². The molecule has 1 rings (SSSR count). The first kappa shape index (κ1) is 15.2. The lowest BCUT2D eigenvalue weighted by molar-refractivity contribution is 0.0338. The predicted octanol–water partition coefficient (Wildman–Crippen LogP) is 2.30. The van der Waals surface area contributed by atoms with Gasteiger partial charge in [-0.05, 0) is 24.9 Å². The lowest BCUT2D eigenvalue weighted by Gasteiger charge is -2.33. The highest BCUT2D eigenvalue weighted by atomic mass is 16.5. The fourth-order valence-electron chi connectivity index (χ4n) is 1.94. The molecular weight excluding hydrogens is 226 g/mol. The molecule has 1 unspecified atom stereocenters. The highest BCUT2D eigenvalue weighted by Gasteiger charge is 2.30. The van der Waals surface area contributed by atoms with Gasteiger partial charge in [-0.2, -0.15) is 0 Å². The van der Waals surface area contributed by atoms with Crippen LogP contribution in [0.5, 0.6) is 0 Å². The molecule has 0 amide bonds. The summed E-state index contributed by atoms with van der Waals surface area (Å²) in [7, 11) is 0. The van der Waals surface area contributed by atoms with Crippen LogP contribution in [-0.4, -0.2) is 31.5 Å². The number of hydrogen-bond acceptors (Lipinski definition) is 3. The number of nitrogens with one attached hydrogen (secondary N) is 1. The van der Waals surface area contributed by atoms with Crippen LogP contribution in [0.4, 0.5) is 0 Å². The molecule has 0 aromatic heterocycles. The highest BCUT2D eigenvalue weighted by molar-refractivity contribution is 5.25. The first-order chi connectivity index (χ1) is 8.79. The quantitative estimate of drug-likeness (QED) is 0.662. The van der Waals surface area contributed by atoms with Crippen LogP contribution in [0.2, 0.25) is 0 Å². The molecule has 0 heterocycles. The lowest BCUT2D eigenvalue weighted by Crippen LogP contribution is -2.49. The smallest absolute Gasteiger partial charge is 0.0905 e. The summed E-state index contributed by atoms with van der Waals surface area (Å²) in [6.45, 7) is 6.34. The van der Waals surface area contributed by atoms with Crippen LogP contribution in [0.3, 0.4) is 0 Å². The molecule has 0 fully saturated rings. The molecule has 0 spiro atoms. The van der Waals surface area contributed by atoms with Gasteiger partial charge >= 0.3 is 0 Å². The minimum Gasteiger partial charge on any atom is -0.394 e. The van der Waals surface area contributed by atoms with Crippen LogP contribution < -0.4 is 5.32 Å². The average molecular weight is 251 g/mol. The predicted molar refractivity (Wildman–Crippen MR) is 74.6 cm³/mol. The SMILES string of the molecule is CCCNC(CO)(COCCC)c1ccccc1. The monoisotopic (exact) mass is 251 g/mol. The first-order valence-electron chi connectivity index (χ1n) is 6.78. The number of ether oxygens (including phenoxy) is 1. The molecule has 0 radical (unpaired) electrons. The fourth-order valence-corrected chi connectivity index (χ4v) is 1.94. The zero-order valence-electron chi connectivity index (χ0n) is 11.5. The van der Waals surface area contributed by atoms with Gasteiger partial charge in [0.2, 0.25) is 0 Å². The van der Waals surface area contributed by atoms with Crippen LogP contribution in [0.25, 0.3) is 0 Å². The Morgan fingerprint density at radius 2 is 1.89 bits per heavy atom. The summed E-state index contributed by atoms with van der Waals surface area (Å²) in [5.41, 5.74) is 0.601. The molecule has 0 aliphatic heterocycles. The van der Waals surface area contributed by atoms with Gasteiger partial charge in [-0.25, -0.2) is 0 Å². The summed E-state index contributed by atoms with van der Waals surface area (Å²) in [6.07, 6.45) is 2.02. The van der Waals surface area contributed by atoms with E-state index in [9.17, 15) is 5.11 Å². The van der Waals surface area contributed by atoms with Gasteiger partial charge in [-0.1, -0.05) is 44.2 Å². The summed E-state index contributed by atoms with van der Waals surface area (Å²) in [4.78, 5) is 0. The molecule has 0 aliphatic carbocycles. The minimum absolute atomic E-state index is 0.0424. The summed E-state index contributed by atoms with van der Waals surface area (Å²) in [5, 5.41) is 13.2. The Morgan fingerprint density at radius 3 is 2.44 bits per heavy atom. The summed E-state index contributed by atoms with van der Waals surface area (Å²) in [6, 6.07) is 10.0. The van der Waals surface area contributed by atoms with Crippen molar-refractivity contribution in [3.63, 3.8) is 0 Å². The molecule has 3 heteroatoms. The molecule has 3 nitrogen and oxygen atoms in total. The van der Waals surface area contributed by atoms with Crippen molar-refractivity contribution in [1.29, 1.82) is 0 Å². The Balaban J connectivity index is 2.83. The molecule has 18 heavy (non-hydrogen) atoms. The molecule has 2 N–H and O–H groups in total. The van der Waals surface area contributed by atoms with Crippen LogP contribution in [-0.2, 0) is 10.3 Å². The van der Waals surface area contributed by atoms with Gasteiger partial charge in [0.05, 0.1) is 18.8 Å². The van der Waals surface area contributed by atoms with Gasteiger partial charge in [-0.15, -0.1) is 0 Å². The lowest BCUT2D eigenvalue weighted by atomic mass is 9.91. The molecule has 102 valence electrons. The Kier molecular flexibility index (Phi) is 6.94. The summed E-state index contributed by atoms with van der Waals surface area (Å²) < 4.78 is 5.67. The number of rotatable bonds is 9. The second-order valence-corrected chi connectivity index (χ2v) is 4.59. The standard InChI is InChI=1S/C15H25NO2/c1-3-10-16-15(12-17,13-18-11-4-2)14-8-6-5-7-9-14/h5-9,16-17H,3-4,10-13H2,1-2H3. The van der Waals surface area contributed by atoms with Crippen molar-refractivity contribution in [2.75, 3.05) is 26.4 Å². The maximum Gasteiger partial charge on any atom is 0.0905 e. The van der Waals surface area contributed by atoms with E-state index in [0.717, 1.165) is 31.6 Å². The fraction of sp³-hybridized carbons (Fsp3) is 0.600. The van der Waals surface area contributed by atoms with Crippen molar-refractivity contribution in [3.8, 4) is 0 Å². The molecular formula is C15H25NO2. The van der Waals surface area contributed by atoms with Crippen molar-refractivity contribution >= 4 is 0 Å². The van der Waals surface area contributed by atoms with E-state index in [2.05, 4.69) is 19.2 Å². The zero-order valence-corrected chi connectivity index (χ0v) is 11.5. The van der Waals surface area contributed by atoms with E-state index in [1.807, 2.05) is 30.3 Å². The number of aliphatic hydroxyl groups is 1. The Bertz CT molecular complexity index is 316. The first-order valence-corrected chi connectivity index (χ1v) is 6.78. The second-order valence-electron chi connectivity index (χ2n) is 4.59.